The highest BCUT2D eigenvalue weighted by Crippen LogP contribution is 2.19. The lowest BCUT2D eigenvalue weighted by atomic mass is 10.1. The second-order valence-electron chi connectivity index (χ2n) is 7.01. The zero-order valence-corrected chi connectivity index (χ0v) is 14.5. The smallest absolute Gasteiger partial charge is 0.229 e. The number of nitrogens with zero attached hydrogens (tertiary/aromatic N) is 2. The number of hydrogen-bond donors (Lipinski definition) is 1. The Kier molecular flexibility index (Phi) is 5.51. The fourth-order valence-corrected chi connectivity index (χ4v) is 3.51. The van der Waals surface area contributed by atoms with Crippen LogP contribution in [0.5, 0.6) is 0 Å². The first kappa shape index (κ1) is 17.0. The molecule has 1 N–H and O–H groups in total. The first-order chi connectivity index (χ1) is 11.6. The second kappa shape index (κ2) is 7.79. The summed E-state index contributed by atoms with van der Waals surface area (Å²) in [5.74, 6) is -0.252. The third-order valence-electron chi connectivity index (χ3n) is 5.10. The topological polar surface area (TPSA) is 52.7 Å². The molecule has 0 aliphatic carbocycles. The summed E-state index contributed by atoms with van der Waals surface area (Å²) >= 11 is 0. The Morgan fingerprint density at radius 3 is 2.50 bits per heavy atom. The van der Waals surface area contributed by atoms with Crippen molar-refractivity contribution in [2.75, 3.05) is 38.5 Å². The van der Waals surface area contributed by atoms with Crippen molar-refractivity contribution in [1.29, 1.82) is 0 Å². The van der Waals surface area contributed by atoms with Crippen molar-refractivity contribution in [3.63, 3.8) is 0 Å². The van der Waals surface area contributed by atoms with Gasteiger partial charge in [-0.15, -0.1) is 0 Å². The molecule has 0 radical (unpaired) electrons. The van der Waals surface area contributed by atoms with E-state index in [4.69, 9.17) is 0 Å². The molecule has 0 bridgehead atoms. The van der Waals surface area contributed by atoms with E-state index in [2.05, 4.69) is 22.3 Å². The van der Waals surface area contributed by atoms with Crippen LogP contribution in [0.15, 0.2) is 24.3 Å². The van der Waals surface area contributed by atoms with E-state index in [1.54, 1.807) is 11.9 Å². The van der Waals surface area contributed by atoms with Crippen molar-refractivity contribution in [2.24, 2.45) is 5.92 Å². The molecule has 5 nitrogen and oxygen atoms in total. The van der Waals surface area contributed by atoms with Gasteiger partial charge in [0.15, 0.2) is 0 Å². The van der Waals surface area contributed by atoms with Gasteiger partial charge in [-0.2, -0.15) is 0 Å². The second-order valence-corrected chi connectivity index (χ2v) is 7.01. The molecule has 1 aromatic rings. The summed E-state index contributed by atoms with van der Waals surface area (Å²) in [6.45, 7) is 4.08. The number of hydrogen-bond acceptors (Lipinski definition) is 3. The summed E-state index contributed by atoms with van der Waals surface area (Å²) in [5.41, 5.74) is 2.11. The van der Waals surface area contributed by atoms with Crippen molar-refractivity contribution in [2.45, 2.75) is 32.1 Å². The zero-order chi connectivity index (χ0) is 16.9. The molecule has 2 amide bonds. The van der Waals surface area contributed by atoms with Crippen LogP contribution in [-0.4, -0.2) is 54.8 Å². The van der Waals surface area contributed by atoms with E-state index in [9.17, 15) is 9.59 Å². The molecule has 3 rings (SSSR count). The van der Waals surface area contributed by atoms with Crippen LogP contribution in [0.25, 0.3) is 0 Å². The maximum Gasteiger partial charge on any atom is 0.229 e. The Balaban J connectivity index is 1.47. The molecule has 0 saturated carbocycles. The van der Waals surface area contributed by atoms with Gasteiger partial charge in [-0.05, 0) is 50.0 Å². The molecular weight excluding hydrogens is 302 g/mol. The number of amides is 2. The standard InChI is InChI=1S/C19H27N3O2/c1-21-14-16(13-18(21)23)19(24)20-17-7-5-15(6-8-17)9-12-22-10-3-2-4-11-22/h5-8,16H,2-4,9-14H2,1H3,(H,20,24)/t16-/m1/s1. The Morgan fingerprint density at radius 1 is 1.17 bits per heavy atom. The van der Waals surface area contributed by atoms with Gasteiger partial charge in [0.2, 0.25) is 11.8 Å². The van der Waals surface area contributed by atoms with Gasteiger partial charge in [-0.25, -0.2) is 0 Å². The number of anilines is 1. The average Bonchev–Trinajstić information content (AvgIpc) is 2.94. The number of carbonyl (C=O) groups excluding carboxylic acids is 2. The normalized spacial score (nSPS) is 22.0. The summed E-state index contributed by atoms with van der Waals surface area (Å²) < 4.78 is 0. The van der Waals surface area contributed by atoms with Crippen molar-refractivity contribution in [1.82, 2.24) is 9.80 Å². The number of carbonyl (C=O) groups is 2. The van der Waals surface area contributed by atoms with Crippen molar-refractivity contribution in [3.05, 3.63) is 29.8 Å². The molecule has 5 heteroatoms. The lowest BCUT2D eigenvalue weighted by Crippen LogP contribution is -2.31. The molecule has 2 saturated heterocycles. The predicted molar refractivity (Wildman–Crippen MR) is 94.8 cm³/mol. The zero-order valence-electron chi connectivity index (χ0n) is 14.5. The van der Waals surface area contributed by atoms with Crippen LogP contribution in [0, 0.1) is 5.92 Å². The van der Waals surface area contributed by atoms with Gasteiger partial charge in [0.25, 0.3) is 0 Å². The maximum atomic E-state index is 12.2. The van der Waals surface area contributed by atoms with Crippen LogP contribution in [0.3, 0.4) is 0 Å². The summed E-state index contributed by atoms with van der Waals surface area (Å²) in [4.78, 5) is 27.9. The summed E-state index contributed by atoms with van der Waals surface area (Å²) in [6.07, 6.45) is 5.38. The molecule has 0 aromatic heterocycles. The summed E-state index contributed by atoms with van der Waals surface area (Å²) in [7, 11) is 1.74. The number of nitrogens with one attached hydrogen (secondary N) is 1. The van der Waals surface area contributed by atoms with Gasteiger partial charge >= 0.3 is 0 Å². The Bertz CT molecular complexity index is 579. The molecule has 130 valence electrons. The molecule has 1 atom stereocenters. The van der Waals surface area contributed by atoms with Crippen LogP contribution in [-0.2, 0) is 16.0 Å². The predicted octanol–water partition coefficient (Wildman–Crippen LogP) is 2.13. The van der Waals surface area contributed by atoms with Crippen LogP contribution in [0.2, 0.25) is 0 Å². The minimum atomic E-state index is -0.235. The van der Waals surface area contributed by atoms with E-state index < -0.39 is 0 Å². The highest BCUT2D eigenvalue weighted by atomic mass is 16.2. The average molecular weight is 329 g/mol. The summed E-state index contributed by atoms with van der Waals surface area (Å²) in [5, 5.41) is 2.93. The van der Waals surface area contributed by atoms with E-state index in [0.29, 0.717) is 13.0 Å². The Hall–Kier alpha value is -1.88. The highest BCUT2D eigenvalue weighted by molar-refractivity contribution is 5.97. The largest absolute Gasteiger partial charge is 0.345 e. The molecule has 0 unspecified atom stereocenters. The van der Waals surface area contributed by atoms with Crippen LogP contribution in [0.4, 0.5) is 5.69 Å². The summed E-state index contributed by atoms with van der Waals surface area (Å²) in [6, 6.07) is 8.10. The lowest BCUT2D eigenvalue weighted by Gasteiger charge is -2.26. The van der Waals surface area contributed by atoms with Crippen molar-refractivity contribution in [3.8, 4) is 0 Å². The molecule has 2 aliphatic heterocycles. The molecule has 24 heavy (non-hydrogen) atoms. The van der Waals surface area contributed by atoms with E-state index in [1.807, 2.05) is 12.1 Å². The van der Waals surface area contributed by atoms with E-state index in [-0.39, 0.29) is 17.7 Å². The Morgan fingerprint density at radius 2 is 1.88 bits per heavy atom. The quantitative estimate of drug-likeness (QED) is 0.900. The first-order valence-corrected chi connectivity index (χ1v) is 8.98. The third kappa shape index (κ3) is 4.35. The molecule has 0 spiro atoms. The fourth-order valence-electron chi connectivity index (χ4n) is 3.51. The van der Waals surface area contributed by atoms with E-state index in [1.165, 1.54) is 37.9 Å². The first-order valence-electron chi connectivity index (χ1n) is 8.98. The Labute approximate surface area is 144 Å². The van der Waals surface area contributed by atoms with E-state index in [0.717, 1.165) is 18.7 Å². The van der Waals surface area contributed by atoms with Gasteiger partial charge in [0.1, 0.15) is 0 Å². The molecule has 2 heterocycles. The maximum absolute atomic E-state index is 12.2. The van der Waals surface area contributed by atoms with Gasteiger partial charge in [-0.1, -0.05) is 18.6 Å². The molecule has 2 aliphatic rings. The fraction of sp³-hybridized carbons (Fsp3) is 0.579. The molecular formula is C19H27N3O2. The minimum absolute atomic E-state index is 0.0446. The van der Waals surface area contributed by atoms with Gasteiger partial charge in [0, 0.05) is 32.2 Å². The number of benzene rings is 1. The SMILES string of the molecule is CN1C[C@H](C(=O)Nc2ccc(CCN3CCCCC3)cc2)CC1=O. The lowest BCUT2D eigenvalue weighted by molar-refractivity contribution is -0.127. The number of rotatable bonds is 5. The van der Waals surface area contributed by atoms with Crippen molar-refractivity contribution < 1.29 is 9.59 Å². The number of piperidine rings is 1. The van der Waals surface area contributed by atoms with Crippen molar-refractivity contribution >= 4 is 17.5 Å². The van der Waals surface area contributed by atoms with Crippen LogP contribution < -0.4 is 5.32 Å². The monoisotopic (exact) mass is 329 g/mol. The number of likely N-dealkylation sites (tertiary alicyclic amines) is 2. The van der Waals surface area contributed by atoms with Gasteiger partial charge < -0.3 is 15.1 Å². The third-order valence-corrected chi connectivity index (χ3v) is 5.10. The van der Waals surface area contributed by atoms with Gasteiger partial charge in [0.05, 0.1) is 5.92 Å². The van der Waals surface area contributed by atoms with Crippen LogP contribution >= 0.6 is 0 Å². The van der Waals surface area contributed by atoms with Gasteiger partial charge in [-0.3, -0.25) is 9.59 Å². The molecule has 2 fully saturated rings. The van der Waals surface area contributed by atoms with Crippen LogP contribution in [0.1, 0.15) is 31.2 Å². The minimum Gasteiger partial charge on any atom is -0.345 e. The van der Waals surface area contributed by atoms with E-state index >= 15 is 0 Å². The highest BCUT2D eigenvalue weighted by Gasteiger charge is 2.32. The molecule has 1 aromatic carbocycles.